The minimum Gasteiger partial charge on any atom is -0.323 e. The van der Waals surface area contributed by atoms with Crippen LogP contribution in [0.15, 0.2) is 53.8 Å². The molecule has 1 N–H and O–H groups in total. The van der Waals surface area contributed by atoms with Gasteiger partial charge in [-0.2, -0.15) is 0 Å². The molecule has 0 saturated carbocycles. The van der Waals surface area contributed by atoms with E-state index in [1.54, 1.807) is 18.3 Å². The van der Waals surface area contributed by atoms with E-state index in [1.165, 1.54) is 17.3 Å². The number of benzene rings is 1. The Bertz CT molecular complexity index is 884. The zero-order valence-corrected chi connectivity index (χ0v) is 15.8. The largest absolute Gasteiger partial charge is 0.323 e. The maximum absolute atomic E-state index is 12.2. The zero-order valence-electron chi connectivity index (χ0n) is 14.2. The number of aromatic nitrogens is 4. The molecule has 6 nitrogen and oxygen atoms in total. The maximum Gasteiger partial charge on any atom is 0.234 e. The minimum absolute atomic E-state index is 0.167. The van der Waals surface area contributed by atoms with Crippen molar-refractivity contribution in [3.8, 4) is 0 Å². The number of pyridine rings is 1. The highest BCUT2D eigenvalue weighted by atomic mass is 35.5. The summed E-state index contributed by atoms with van der Waals surface area (Å²) < 4.78 is 2.03. The van der Waals surface area contributed by atoms with E-state index in [4.69, 9.17) is 11.6 Å². The molecule has 2 heterocycles. The van der Waals surface area contributed by atoms with Crippen LogP contribution in [0.5, 0.6) is 0 Å². The molecule has 3 rings (SSSR count). The molecule has 0 atom stereocenters. The Balaban J connectivity index is 1.63. The molecule has 2 aromatic heterocycles. The Morgan fingerprint density at radius 1 is 1.19 bits per heavy atom. The molecular formula is C18H18ClN5OS. The maximum atomic E-state index is 12.2. The van der Waals surface area contributed by atoms with Crippen molar-refractivity contribution in [3.05, 3.63) is 65.2 Å². The van der Waals surface area contributed by atoms with Crippen molar-refractivity contribution >= 4 is 35.0 Å². The molecule has 0 fully saturated rings. The number of hydrogen-bond donors (Lipinski definition) is 1. The smallest absolute Gasteiger partial charge is 0.234 e. The number of carbonyl (C=O) groups is 1. The fraction of sp³-hybridized carbons (Fsp3) is 0.222. The van der Waals surface area contributed by atoms with Crippen molar-refractivity contribution in [2.75, 3.05) is 11.1 Å². The number of rotatable bonds is 7. The first-order valence-corrected chi connectivity index (χ1v) is 9.53. The zero-order chi connectivity index (χ0) is 18.4. The van der Waals surface area contributed by atoms with Crippen LogP contribution in [0.25, 0.3) is 0 Å². The lowest BCUT2D eigenvalue weighted by Crippen LogP contribution is -2.15. The molecule has 8 heteroatoms. The number of anilines is 1. The molecule has 1 aromatic carbocycles. The van der Waals surface area contributed by atoms with Gasteiger partial charge in [-0.05, 0) is 24.6 Å². The van der Waals surface area contributed by atoms with Gasteiger partial charge in [-0.3, -0.25) is 4.79 Å². The second kappa shape index (κ2) is 8.82. The predicted octanol–water partition coefficient (Wildman–Crippen LogP) is 3.67. The van der Waals surface area contributed by atoms with Crippen LogP contribution in [0.1, 0.15) is 18.3 Å². The number of carbonyl (C=O) groups excluding carboxylic acids is 1. The quantitative estimate of drug-likeness (QED) is 0.494. The van der Waals surface area contributed by atoms with Crippen LogP contribution < -0.4 is 5.32 Å². The van der Waals surface area contributed by atoms with E-state index in [9.17, 15) is 4.79 Å². The third-order valence-electron chi connectivity index (χ3n) is 3.68. The van der Waals surface area contributed by atoms with Crippen LogP contribution >= 0.6 is 23.4 Å². The van der Waals surface area contributed by atoms with Gasteiger partial charge in [0.15, 0.2) is 10.3 Å². The number of thioether (sulfide) groups is 1. The molecule has 3 aromatic rings. The molecule has 26 heavy (non-hydrogen) atoms. The minimum atomic E-state index is -0.167. The molecule has 0 bridgehead atoms. The van der Waals surface area contributed by atoms with Gasteiger partial charge in [0.05, 0.1) is 11.4 Å². The molecule has 0 unspecified atom stereocenters. The van der Waals surface area contributed by atoms with Crippen molar-refractivity contribution < 1.29 is 4.79 Å². The van der Waals surface area contributed by atoms with Crippen LogP contribution in [-0.4, -0.2) is 31.4 Å². The predicted molar refractivity (Wildman–Crippen MR) is 104 cm³/mol. The lowest BCUT2D eigenvalue weighted by Gasteiger charge is -2.08. The summed E-state index contributed by atoms with van der Waals surface area (Å²) >= 11 is 7.30. The van der Waals surface area contributed by atoms with Crippen LogP contribution in [0, 0.1) is 0 Å². The average molecular weight is 388 g/mol. The summed E-state index contributed by atoms with van der Waals surface area (Å²) in [5.41, 5.74) is 1.68. The van der Waals surface area contributed by atoms with Gasteiger partial charge in [-0.15, -0.1) is 10.2 Å². The fourth-order valence-electron chi connectivity index (χ4n) is 2.45. The topological polar surface area (TPSA) is 72.7 Å². The van der Waals surface area contributed by atoms with Gasteiger partial charge in [0.2, 0.25) is 5.91 Å². The van der Waals surface area contributed by atoms with Gasteiger partial charge in [-0.1, -0.05) is 53.7 Å². The van der Waals surface area contributed by atoms with E-state index >= 15 is 0 Å². The van der Waals surface area contributed by atoms with Crippen molar-refractivity contribution in [1.29, 1.82) is 0 Å². The van der Waals surface area contributed by atoms with Crippen LogP contribution in [-0.2, 0) is 17.8 Å². The number of hydrogen-bond acceptors (Lipinski definition) is 5. The van der Waals surface area contributed by atoms with Crippen LogP contribution in [0.3, 0.4) is 0 Å². The van der Waals surface area contributed by atoms with E-state index in [0.717, 1.165) is 17.5 Å². The Labute approximate surface area is 161 Å². The fourth-order valence-corrected chi connectivity index (χ4v) is 3.44. The Hall–Kier alpha value is -2.38. The third-order valence-corrected chi connectivity index (χ3v) is 4.95. The van der Waals surface area contributed by atoms with E-state index < -0.39 is 0 Å². The van der Waals surface area contributed by atoms with E-state index in [2.05, 4.69) is 32.6 Å². The summed E-state index contributed by atoms with van der Waals surface area (Å²) in [6.07, 6.45) is 2.28. The molecule has 1 amide bonds. The molecule has 0 saturated heterocycles. The molecule has 134 valence electrons. The van der Waals surface area contributed by atoms with Gasteiger partial charge in [0.25, 0.3) is 0 Å². The molecule has 0 radical (unpaired) electrons. The highest BCUT2D eigenvalue weighted by molar-refractivity contribution is 7.99. The van der Waals surface area contributed by atoms with Crippen LogP contribution in [0.4, 0.5) is 5.69 Å². The van der Waals surface area contributed by atoms with Crippen molar-refractivity contribution in [1.82, 2.24) is 19.7 Å². The van der Waals surface area contributed by atoms with Gasteiger partial charge in [0.1, 0.15) is 5.82 Å². The Morgan fingerprint density at radius 3 is 2.73 bits per heavy atom. The molecule has 0 aliphatic carbocycles. The van der Waals surface area contributed by atoms with Crippen molar-refractivity contribution in [2.45, 2.75) is 25.0 Å². The monoisotopic (exact) mass is 387 g/mol. The third kappa shape index (κ3) is 4.62. The normalized spacial score (nSPS) is 10.7. The summed E-state index contributed by atoms with van der Waals surface area (Å²) in [6.45, 7) is 2.78. The Kier molecular flexibility index (Phi) is 6.25. The van der Waals surface area contributed by atoms with Gasteiger partial charge in [0, 0.05) is 19.2 Å². The average Bonchev–Trinajstić information content (AvgIpc) is 3.04. The standard InChI is InChI=1S/C18H18ClN5OS/c1-2-24-15(11-13-7-4-3-5-8-13)22-23-18(24)26-12-16(25)21-14-9-6-10-20-17(14)19/h3-10H,2,11-12H2,1H3,(H,21,25). The first-order chi connectivity index (χ1) is 12.7. The molecule has 0 spiro atoms. The SMILES string of the molecule is CCn1c(Cc2ccccc2)nnc1SCC(=O)Nc1cccnc1Cl. The van der Waals surface area contributed by atoms with E-state index in [-0.39, 0.29) is 16.8 Å². The first-order valence-electron chi connectivity index (χ1n) is 8.16. The number of halogens is 1. The Morgan fingerprint density at radius 2 is 2.00 bits per heavy atom. The highest BCUT2D eigenvalue weighted by Crippen LogP contribution is 2.21. The summed E-state index contributed by atoms with van der Waals surface area (Å²) in [5.74, 6) is 0.936. The van der Waals surface area contributed by atoms with Crippen LogP contribution in [0.2, 0.25) is 5.15 Å². The summed E-state index contributed by atoms with van der Waals surface area (Å²) in [5, 5.41) is 12.3. The van der Waals surface area contributed by atoms with Gasteiger partial charge in [-0.25, -0.2) is 4.98 Å². The lowest BCUT2D eigenvalue weighted by atomic mass is 10.1. The van der Waals surface area contributed by atoms with Crippen molar-refractivity contribution in [2.24, 2.45) is 0 Å². The summed E-state index contributed by atoms with van der Waals surface area (Å²) in [4.78, 5) is 16.1. The lowest BCUT2D eigenvalue weighted by molar-refractivity contribution is -0.113. The second-order valence-electron chi connectivity index (χ2n) is 5.48. The summed E-state index contributed by atoms with van der Waals surface area (Å²) in [7, 11) is 0. The van der Waals surface area contributed by atoms with Gasteiger partial charge >= 0.3 is 0 Å². The number of amides is 1. The highest BCUT2D eigenvalue weighted by Gasteiger charge is 2.14. The first kappa shape index (κ1) is 18.4. The van der Waals surface area contributed by atoms with E-state index in [1.807, 2.05) is 29.7 Å². The van der Waals surface area contributed by atoms with Gasteiger partial charge < -0.3 is 9.88 Å². The summed E-state index contributed by atoms with van der Waals surface area (Å²) in [6, 6.07) is 13.6. The second-order valence-corrected chi connectivity index (χ2v) is 6.78. The molecular weight excluding hydrogens is 370 g/mol. The number of nitrogens with one attached hydrogen (secondary N) is 1. The number of nitrogens with zero attached hydrogens (tertiary/aromatic N) is 4. The molecule has 0 aliphatic heterocycles. The van der Waals surface area contributed by atoms with E-state index in [0.29, 0.717) is 12.1 Å². The molecule has 0 aliphatic rings. The van der Waals surface area contributed by atoms with Crippen molar-refractivity contribution in [3.63, 3.8) is 0 Å².